The van der Waals surface area contributed by atoms with Gasteiger partial charge in [0.1, 0.15) is 0 Å². The summed E-state index contributed by atoms with van der Waals surface area (Å²) in [4.78, 5) is 4.48. The third kappa shape index (κ3) is 2.62. The zero-order valence-electron chi connectivity index (χ0n) is 7.56. The van der Waals surface area contributed by atoms with Crippen molar-refractivity contribution in [2.75, 3.05) is 13.1 Å². The molecule has 64 valence electrons. The summed E-state index contributed by atoms with van der Waals surface area (Å²) in [5, 5.41) is 3.43. The molecule has 0 bridgehead atoms. The van der Waals surface area contributed by atoms with Crippen molar-refractivity contribution in [3.63, 3.8) is 0 Å². The Morgan fingerprint density at radius 3 is 3.00 bits per heavy atom. The summed E-state index contributed by atoms with van der Waals surface area (Å²) in [6, 6.07) is 0.585. The molecule has 0 aromatic heterocycles. The van der Waals surface area contributed by atoms with E-state index in [1.54, 1.807) is 0 Å². The standard InChI is InChI=1S/C9H18N2/c1-3-6-10-8(2)9-5-4-7-11-9/h9,11H,3-7H2,1-2H3. The van der Waals surface area contributed by atoms with Gasteiger partial charge in [0.05, 0.1) is 0 Å². The zero-order chi connectivity index (χ0) is 8.10. The molecule has 0 aromatic carbocycles. The minimum atomic E-state index is 0.585. The molecule has 2 nitrogen and oxygen atoms in total. The Bertz CT molecular complexity index is 134. The van der Waals surface area contributed by atoms with Crippen LogP contribution in [0.4, 0.5) is 0 Å². The van der Waals surface area contributed by atoms with E-state index in [0.717, 1.165) is 13.0 Å². The van der Waals surface area contributed by atoms with Gasteiger partial charge in [0, 0.05) is 18.3 Å². The Kier molecular flexibility index (Phi) is 3.57. The van der Waals surface area contributed by atoms with Gasteiger partial charge in [0.2, 0.25) is 0 Å². The van der Waals surface area contributed by atoms with Crippen molar-refractivity contribution < 1.29 is 0 Å². The molecule has 1 aliphatic heterocycles. The van der Waals surface area contributed by atoms with Gasteiger partial charge in [-0.2, -0.15) is 0 Å². The van der Waals surface area contributed by atoms with Gasteiger partial charge in [-0.05, 0) is 32.7 Å². The van der Waals surface area contributed by atoms with Crippen LogP contribution < -0.4 is 5.32 Å². The normalized spacial score (nSPS) is 26.0. The third-order valence-electron chi connectivity index (χ3n) is 2.15. The van der Waals surface area contributed by atoms with Crippen molar-refractivity contribution >= 4 is 5.71 Å². The second kappa shape index (κ2) is 4.50. The summed E-state index contributed by atoms with van der Waals surface area (Å²) >= 11 is 0. The zero-order valence-corrected chi connectivity index (χ0v) is 7.56. The van der Waals surface area contributed by atoms with Gasteiger partial charge in [-0.1, -0.05) is 6.92 Å². The summed E-state index contributed by atoms with van der Waals surface area (Å²) in [7, 11) is 0. The second-order valence-corrected chi connectivity index (χ2v) is 3.17. The average molecular weight is 154 g/mol. The van der Waals surface area contributed by atoms with Crippen LogP contribution in [0.1, 0.15) is 33.1 Å². The number of nitrogens with zero attached hydrogens (tertiary/aromatic N) is 1. The Balaban J connectivity index is 2.32. The smallest absolute Gasteiger partial charge is 0.0448 e. The summed E-state index contributed by atoms with van der Waals surface area (Å²) in [5.41, 5.74) is 1.30. The van der Waals surface area contributed by atoms with Crippen LogP contribution in [0.3, 0.4) is 0 Å². The van der Waals surface area contributed by atoms with Crippen LogP contribution in [0, 0.1) is 0 Å². The molecule has 1 atom stereocenters. The van der Waals surface area contributed by atoms with Crippen molar-refractivity contribution in [1.82, 2.24) is 5.32 Å². The van der Waals surface area contributed by atoms with Crippen LogP contribution in [-0.2, 0) is 0 Å². The molecular formula is C9H18N2. The Hall–Kier alpha value is -0.370. The van der Waals surface area contributed by atoms with E-state index in [1.165, 1.54) is 25.1 Å². The van der Waals surface area contributed by atoms with Crippen molar-refractivity contribution in [3.05, 3.63) is 0 Å². The van der Waals surface area contributed by atoms with E-state index in [1.807, 2.05) is 0 Å². The number of hydrogen-bond acceptors (Lipinski definition) is 2. The van der Waals surface area contributed by atoms with Gasteiger partial charge in [-0.15, -0.1) is 0 Å². The molecule has 0 aliphatic carbocycles. The quantitative estimate of drug-likeness (QED) is 0.614. The monoisotopic (exact) mass is 154 g/mol. The van der Waals surface area contributed by atoms with Crippen molar-refractivity contribution in [2.45, 2.75) is 39.2 Å². The maximum atomic E-state index is 4.48. The summed E-state index contributed by atoms with van der Waals surface area (Å²) in [6.07, 6.45) is 3.74. The molecule has 1 fully saturated rings. The first-order valence-corrected chi connectivity index (χ1v) is 4.59. The molecule has 2 heteroatoms. The van der Waals surface area contributed by atoms with Gasteiger partial charge in [-0.3, -0.25) is 4.99 Å². The molecule has 0 radical (unpaired) electrons. The van der Waals surface area contributed by atoms with Crippen LogP contribution in [0.5, 0.6) is 0 Å². The van der Waals surface area contributed by atoms with Crippen LogP contribution >= 0.6 is 0 Å². The molecule has 1 heterocycles. The molecule has 0 aromatic rings. The number of aliphatic imine (C=N–C) groups is 1. The number of rotatable bonds is 3. The van der Waals surface area contributed by atoms with E-state index in [-0.39, 0.29) is 0 Å². The lowest BCUT2D eigenvalue weighted by Crippen LogP contribution is -2.28. The maximum Gasteiger partial charge on any atom is 0.0448 e. The van der Waals surface area contributed by atoms with E-state index < -0.39 is 0 Å². The summed E-state index contributed by atoms with van der Waals surface area (Å²) in [5.74, 6) is 0. The van der Waals surface area contributed by atoms with Crippen LogP contribution in [0.25, 0.3) is 0 Å². The topological polar surface area (TPSA) is 24.4 Å². The predicted molar refractivity (Wildman–Crippen MR) is 49.3 cm³/mol. The number of hydrogen-bond donors (Lipinski definition) is 1. The second-order valence-electron chi connectivity index (χ2n) is 3.17. The third-order valence-corrected chi connectivity index (χ3v) is 2.15. The summed E-state index contributed by atoms with van der Waals surface area (Å²) < 4.78 is 0. The van der Waals surface area contributed by atoms with Crippen molar-refractivity contribution in [2.24, 2.45) is 4.99 Å². The lowest BCUT2D eigenvalue weighted by molar-refractivity contribution is 0.751. The highest BCUT2D eigenvalue weighted by molar-refractivity contribution is 5.87. The van der Waals surface area contributed by atoms with Crippen LogP contribution in [-0.4, -0.2) is 24.8 Å². The highest BCUT2D eigenvalue weighted by atomic mass is 15.0. The summed E-state index contributed by atoms with van der Waals surface area (Å²) in [6.45, 7) is 6.46. The van der Waals surface area contributed by atoms with Crippen molar-refractivity contribution in [3.8, 4) is 0 Å². The fourth-order valence-corrected chi connectivity index (χ4v) is 1.44. The molecule has 11 heavy (non-hydrogen) atoms. The van der Waals surface area contributed by atoms with E-state index in [2.05, 4.69) is 24.2 Å². The molecular weight excluding hydrogens is 136 g/mol. The van der Waals surface area contributed by atoms with Gasteiger partial charge >= 0.3 is 0 Å². The van der Waals surface area contributed by atoms with Gasteiger partial charge in [0.15, 0.2) is 0 Å². The van der Waals surface area contributed by atoms with E-state index in [9.17, 15) is 0 Å². The first-order valence-electron chi connectivity index (χ1n) is 4.59. The highest BCUT2D eigenvalue weighted by Crippen LogP contribution is 2.06. The Morgan fingerprint density at radius 2 is 2.45 bits per heavy atom. The first-order chi connectivity index (χ1) is 5.34. The SMILES string of the molecule is CCCN=C(C)C1CCCN1. The lowest BCUT2D eigenvalue weighted by atomic mass is 10.1. The molecule has 0 spiro atoms. The molecule has 1 aliphatic rings. The highest BCUT2D eigenvalue weighted by Gasteiger charge is 2.15. The fourth-order valence-electron chi connectivity index (χ4n) is 1.44. The largest absolute Gasteiger partial charge is 0.309 e. The Morgan fingerprint density at radius 1 is 1.64 bits per heavy atom. The molecule has 0 saturated carbocycles. The van der Waals surface area contributed by atoms with E-state index in [4.69, 9.17) is 0 Å². The van der Waals surface area contributed by atoms with Gasteiger partial charge < -0.3 is 5.32 Å². The maximum absolute atomic E-state index is 4.48. The van der Waals surface area contributed by atoms with Crippen LogP contribution in [0.15, 0.2) is 4.99 Å². The molecule has 0 amide bonds. The predicted octanol–water partition coefficient (Wildman–Crippen LogP) is 1.61. The van der Waals surface area contributed by atoms with Gasteiger partial charge in [-0.25, -0.2) is 0 Å². The average Bonchev–Trinajstić information content (AvgIpc) is 2.52. The lowest BCUT2D eigenvalue weighted by Gasteiger charge is -2.08. The van der Waals surface area contributed by atoms with E-state index >= 15 is 0 Å². The molecule has 1 saturated heterocycles. The van der Waals surface area contributed by atoms with Crippen LogP contribution in [0.2, 0.25) is 0 Å². The Labute approximate surface area is 69.1 Å². The first kappa shape index (κ1) is 8.72. The van der Waals surface area contributed by atoms with Crippen molar-refractivity contribution in [1.29, 1.82) is 0 Å². The molecule has 1 unspecified atom stereocenters. The minimum absolute atomic E-state index is 0.585. The molecule has 1 rings (SSSR count). The fraction of sp³-hybridized carbons (Fsp3) is 0.889. The molecule has 1 N–H and O–H groups in total. The van der Waals surface area contributed by atoms with Gasteiger partial charge in [0.25, 0.3) is 0 Å². The van der Waals surface area contributed by atoms with E-state index in [0.29, 0.717) is 6.04 Å². The minimum Gasteiger partial charge on any atom is -0.309 e. The number of nitrogens with one attached hydrogen (secondary N) is 1.